The predicted molar refractivity (Wildman–Crippen MR) is 76.8 cm³/mol. The Bertz CT molecular complexity index is 546. The Morgan fingerprint density at radius 2 is 2.33 bits per heavy atom. The Kier molecular flexibility index (Phi) is 4.62. The highest BCUT2D eigenvalue weighted by Crippen LogP contribution is 2.38. The third-order valence-electron chi connectivity index (χ3n) is 3.70. The summed E-state index contributed by atoms with van der Waals surface area (Å²) >= 11 is 0. The molecule has 0 radical (unpaired) electrons. The Morgan fingerprint density at radius 3 is 2.95 bits per heavy atom. The van der Waals surface area contributed by atoms with E-state index in [0.29, 0.717) is 18.8 Å². The lowest BCUT2D eigenvalue weighted by molar-refractivity contribution is -0.385. The summed E-state index contributed by atoms with van der Waals surface area (Å²) in [5.41, 5.74) is 0.436. The van der Waals surface area contributed by atoms with Crippen molar-refractivity contribution in [1.82, 2.24) is 0 Å². The zero-order valence-electron chi connectivity index (χ0n) is 11.8. The van der Waals surface area contributed by atoms with Gasteiger partial charge in [-0.05, 0) is 30.9 Å². The van der Waals surface area contributed by atoms with Crippen molar-refractivity contribution in [3.8, 4) is 5.75 Å². The largest absolute Gasteiger partial charge is 0.490 e. The molecule has 1 fully saturated rings. The molecular formula is C14H18N2O5. The molecule has 1 aromatic carbocycles. The second kappa shape index (κ2) is 6.43. The van der Waals surface area contributed by atoms with E-state index in [1.165, 1.54) is 7.11 Å². The van der Waals surface area contributed by atoms with Gasteiger partial charge < -0.3 is 14.7 Å². The molecule has 7 nitrogen and oxygen atoms in total. The molecule has 0 spiro atoms. The van der Waals surface area contributed by atoms with Crippen molar-refractivity contribution in [3.05, 3.63) is 28.3 Å². The van der Waals surface area contributed by atoms with Crippen molar-refractivity contribution in [1.29, 1.82) is 0 Å². The molecule has 1 aliphatic rings. The Balaban J connectivity index is 2.28. The number of carboxylic acids is 1. The molecule has 1 heterocycles. The molecule has 0 bridgehead atoms. The maximum atomic E-state index is 11.3. The second-order valence-corrected chi connectivity index (χ2v) is 5.14. The molecule has 1 unspecified atom stereocenters. The maximum absolute atomic E-state index is 11.3. The fourth-order valence-corrected chi connectivity index (χ4v) is 2.81. The molecule has 0 aromatic heterocycles. The molecule has 21 heavy (non-hydrogen) atoms. The molecule has 7 heteroatoms. The minimum Gasteiger partial charge on any atom is -0.490 e. The Labute approximate surface area is 122 Å². The normalized spacial score (nSPS) is 18.3. The van der Waals surface area contributed by atoms with Gasteiger partial charge in [0.05, 0.1) is 12.0 Å². The molecule has 1 saturated heterocycles. The average molecular weight is 294 g/mol. The Hall–Kier alpha value is -2.31. The van der Waals surface area contributed by atoms with Gasteiger partial charge in [-0.1, -0.05) is 6.07 Å². The standard InChI is InChI=1S/C14H18N2O5/c1-21-12-6-2-5-11(14(12)16(19)20)15-7-3-4-10(9-15)8-13(17)18/h2,5-6,10H,3-4,7-9H2,1H3,(H,17,18). The molecule has 114 valence electrons. The summed E-state index contributed by atoms with van der Waals surface area (Å²) in [6.45, 7) is 1.20. The van der Waals surface area contributed by atoms with E-state index >= 15 is 0 Å². The first-order valence-electron chi connectivity index (χ1n) is 6.81. The summed E-state index contributed by atoms with van der Waals surface area (Å²) in [6, 6.07) is 4.95. The fraction of sp³-hybridized carbons (Fsp3) is 0.500. The van der Waals surface area contributed by atoms with Crippen LogP contribution in [0.15, 0.2) is 18.2 Å². The molecule has 1 atom stereocenters. The van der Waals surface area contributed by atoms with Crippen LogP contribution < -0.4 is 9.64 Å². The minimum absolute atomic E-state index is 0.0158. The van der Waals surface area contributed by atoms with Gasteiger partial charge in [0.15, 0.2) is 5.75 Å². The highest BCUT2D eigenvalue weighted by Gasteiger charge is 2.29. The van der Waals surface area contributed by atoms with E-state index in [1.807, 2.05) is 4.90 Å². The number of nitro benzene ring substituents is 1. The number of aliphatic carboxylic acids is 1. The van der Waals surface area contributed by atoms with Crippen LogP contribution in [-0.4, -0.2) is 36.2 Å². The van der Waals surface area contributed by atoms with Crippen LogP contribution in [-0.2, 0) is 4.79 Å². The van der Waals surface area contributed by atoms with Crippen LogP contribution in [0.4, 0.5) is 11.4 Å². The van der Waals surface area contributed by atoms with Crippen molar-refractivity contribution in [2.75, 3.05) is 25.1 Å². The van der Waals surface area contributed by atoms with Crippen molar-refractivity contribution < 1.29 is 19.6 Å². The van der Waals surface area contributed by atoms with Crippen molar-refractivity contribution in [3.63, 3.8) is 0 Å². The van der Waals surface area contributed by atoms with E-state index in [-0.39, 0.29) is 23.8 Å². The van der Waals surface area contributed by atoms with Crippen LogP contribution in [0.5, 0.6) is 5.75 Å². The van der Waals surface area contributed by atoms with E-state index in [1.54, 1.807) is 18.2 Å². The summed E-state index contributed by atoms with van der Waals surface area (Å²) in [7, 11) is 1.40. The highest BCUT2D eigenvalue weighted by atomic mass is 16.6. The van der Waals surface area contributed by atoms with Gasteiger partial charge in [0.1, 0.15) is 5.69 Å². The van der Waals surface area contributed by atoms with Crippen LogP contribution in [0.1, 0.15) is 19.3 Å². The first-order chi connectivity index (χ1) is 10.0. The summed E-state index contributed by atoms with van der Waals surface area (Å²) in [5, 5.41) is 20.2. The number of methoxy groups -OCH3 is 1. The monoisotopic (exact) mass is 294 g/mol. The summed E-state index contributed by atoms with van der Waals surface area (Å²) in [6.07, 6.45) is 1.75. The van der Waals surface area contributed by atoms with Gasteiger partial charge in [-0.2, -0.15) is 0 Å². The van der Waals surface area contributed by atoms with E-state index in [4.69, 9.17) is 9.84 Å². The highest BCUT2D eigenvalue weighted by molar-refractivity contribution is 5.70. The Morgan fingerprint density at radius 1 is 1.57 bits per heavy atom. The zero-order valence-corrected chi connectivity index (χ0v) is 11.8. The number of para-hydroxylation sites is 1. The van der Waals surface area contributed by atoms with E-state index in [9.17, 15) is 14.9 Å². The van der Waals surface area contributed by atoms with Gasteiger partial charge in [-0.25, -0.2) is 0 Å². The predicted octanol–water partition coefficient (Wildman–Crippen LogP) is 2.29. The number of ether oxygens (including phenoxy) is 1. The topological polar surface area (TPSA) is 92.9 Å². The maximum Gasteiger partial charge on any atom is 0.333 e. The van der Waals surface area contributed by atoms with Gasteiger partial charge in [-0.3, -0.25) is 14.9 Å². The molecule has 2 rings (SSSR count). The number of benzene rings is 1. The SMILES string of the molecule is COc1cccc(N2CCCC(CC(=O)O)C2)c1[N+](=O)[O-]. The number of nitrogens with zero attached hydrogens (tertiary/aromatic N) is 2. The lowest BCUT2D eigenvalue weighted by Crippen LogP contribution is -2.36. The number of rotatable bonds is 5. The minimum atomic E-state index is -0.831. The van der Waals surface area contributed by atoms with Crippen molar-refractivity contribution in [2.24, 2.45) is 5.92 Å². The first-order valence-corrected chi connectivity index (χ1v) is 6.81. The van der Waals surface area contributed by atoms with Crippen LogP contribution in [0.25, 0.3) is 0 Å². The quantitative estimate of drug-likeness (QED) is 0.661. The number of anilines is 1. The summed E-state index contributed by atoms with van der Waals surface area (Å²) in [5.74, 6) is -0.595. The van der Waals surface area contributed by atoms with Gasteiger partial charge in [0.2, 0.25) is 0 Å². The summed E-state index contributed by atoms with van der Waals surface area (Å²) in [4.78, 5) is 23.6. The number of hydrogen-bond acceptors (Lipinski definition) is 5. The van der Waals surface area contributed by atoms with Gasteiger partial charge in [-0.15, -0.1) is 0 Å². The van der Waals surface area contributed by atoms with E-state index in [2.05, 4.69) is 0 Å². The summed E-state index contributed by atoms with van der Waals surface area (Å²) < 4.78 is 5.07. The third-order valence-corrected chi connectivity index (χ3v) is 3.70. The van der Waals surface area contributed by atoms with Crippen LogP contribution in [0, 0.1) is 16.0 Å². The second-order valence-electron chi connectivity index (χ2n) is 5.14. The number of carbonyl (C=O) groups is 1. The molecule has 0 saturated carbocycles. The van der Waals surface area contributed by atoms with Gasteiger partial charge in [0, 0.05) is 19.5 Å². The third kappa shape index (κ3) is 3.42. The van der Waals surface area contributed by atoms with E-state index < -0.39 is 10.9 Å². The number of carboxylic acid groups (broad SMARTS) is 1. The van der Waals surface area contributed by atoms with Crippen LogP contribution in [0.3, 0.4) is 0 Å². The first kappa shape index (κ1) is 15.1. The number of hydrogen-bond donors (Lipinski definition) is 1. The fourth-order valence-electron chi connectivity index (χ4n) is 2.81. The lowest BCUT2D eigenvalue weighted by atomic mass is 9.94. The smallest absolute Gasteiger partial charge is 0.333 e. The van der Waals surface area contributed by atoms with Crippen LogP contribution >= 0.6 is 0 Å². The number of piperidine rings is 1. The van der Waals surface area contributed by atoms with Crippen molar-refractivity contribution >= 4 is 17.3 Å². The van der Waals surface area contributed by atoms with Crippen LogP contribution in [0.2, 0.25) is 0 Å². The van der Waals surface area contributed by atoms with E-state index in [0.717, 1.165) is 12.8 Å². The van der Waals surface area contributed by atoms with Crippen molar-refractivity contribution in [2.45, 2.75) is 19.3 Å². The van der Waals surface area contributed by atoms with Gasteiger partial charge >= 0.3 is 11.7 Å². The molecule has 0 amide bonds. The lowest BCUT2D eigenvalue weighted by Gasteiger charge is -2.33. The zero-order chi connectivity index (χ0) is 15.4. The molecule has 1 aromatic rings. The molecular weight excluding hydrogens is 276 g/mol. The molecule has 1 N–H and O–H groups in total. The molecule has 1 aliphatic heterocycles. The molecule has 0 aliphatic carbocycles. The average Bonchev–Trinajstić information content (AvgIpc) is 2.45. The number of nitro groups is 1. The van der Waals surface area contributed by atoms with Gasteiger partial charge in [0.25, 0.3) is 0 Å².